The van der Waals surface area contributed by atoms with Crippen LogP contribution >= 0.6 is 22.7 Å². The van der Waals surface area contributed by atoms with Gasteiger partial charge in [0.2, 0.25) is 0 Å². The molecule has 82 valence electrons. The molecular formula is C12H12N2S2. The van der Waals surface area contributed by atoms with E-state index in [1.54, 1.807) is 22.7 Å². The molecule has 0 unspecified atom stereocenters. The van der Waals surface area contributed by atoms with Gasteiger partial charge in [0, 0.05) is 21.0 Å². The second-order valence-corrected chi connectivity index (χ2v) is 6.02. The molecule has 3 rings (SSSR count). The quantitative estimate of drug-likeness (QED) is 0.695. The van der Waals surface area contributed by atoms with Crippen LogP contribution < -0.4 is 5.73 Å². The van der Waals surface area contributed by atoms with Crippen molar-refractivity contribution >= 4 is 33.3 Å². The van der Waals surface area contributed by atoms with E-state index >= 15 is 0 Å². The van der Waals surface area contributed by atoms with E-state index in [1.807, 2.05) is 0 Å². The number of aromatic nitrogens is 1. The largest absolute Gasteiger partial charge is 0.384 e. The van der Waals surface area contributed by atoms with E-state index in [0.717, 1.165) is 11.4 Å². The SMILES string of the molecule is Cc1sc2cc(-c3cccs3)c(N)n2c1C. The number of rotatable bonds is 1. The zero-order valence-corrected chi connectivity index (χ0v) is 10.8. The smallest absolute Gasteiger partial charge is 0.117 e. The minimum atomic E-state index is 0.860. The first-order chi connectivity index (χ1) is 7.68. The minimum Gasteiger partial charge on any atom is -0.384 e. The Kier molecular flexibility index (Phi) is 2.09. The van der Waals surface area contributed by atoms with Gasteiger partial charge in [0.25, 0.3) is 0 Å². The van der Waals surface area contributed by atoms with Gasteiger partial charge in [-0.3, -0.25) is 4.40 Å². The summed E-state index contributed by atoms with van der Waals surface area (Å²) in [5, 5.41) is 2.08. The van der Waals surface area contributed by atoms with Crippen LogP contribution in [0.1, 0.15) is 10.6 Å². The highest BCUT2D eigenvalue weighted by Crippen LogP contribution is 2.36. The van der Waals surface area contributed by atoms with Gasteiger partial charge in [-0.05, 0) is 31.4 Å². The van der Waals surface area contributed by atoms with Crippen molar-refractivity contribution in [2.24, 2.45) is 0 Å². The van der Waals surface area contributed by atoms with Gasteiger partial charge in [-0.1, -0.05) is 6.07 Å². The van der Waals surface area contributed by atoms with Gasteiger partial charge >= 0.3 is 0 Å². The van der Waals surface area contributed by atoms with Crippen molar-refractivity contribution in [3.8, 4) is 10.4 Å². The second-order valence-electron chi connectivity index (χ2n) is 3.84. The van der Waals surface area contributed by atoms with Gasteiger partial charge in [-0.25, -0.2) is 0 Å². The molecule has 2 N–H and O–H groups in total. The summed E-state index contributed by atoms with van der Waals surface area (Å²) >= 11 is 3.53. The highest BCUT2D eigenvalue weighted by Gasteiger charge is 2.14. The Hall–Kier alpha value is -1.26. The maximum Gasteiger partial charge on any atom is 0.117 e. The number of nitrogens with zero attached hydrogens (tertiary/aromatic N) is 1. The molecule has 0 radical (unpaired) electrons. The normalized spacial score (nSPS) is 11.4. The number of hydrogen-bond donors (Lipinski definition) is 1. The standard InChI is InChI=1S/C12H12N2S2/c1-7-8(2)16-11-6-9(12(13)14(7)11)10-4-3-5-15-10/h3-6H,13H2,1-2H3. The molecule has 0 aromatic carbocycles. The first kappa shape index (κ1) is 9.93. The summed E-state index contributed by atoms with van der Waals surface area (Å²) in [6.45, 7) is 4.25. The topological polar surface area (TPSA) is 30.4 Å². The third-order valence-electron chi connectivity index (χ3n) is 2.89. The molecule has 0 saturated heterocycles. The van der Waals surface area contributed by atoms with Crippen molar-refractivity contribution in [1.82, 2.24) is 4.40 Å². The molecule has 0 fully saturated rings. The lowest BCUT2D eigenvalue weighted by Crippen LogP contribution is -1.94. The van der Waals surface area contributed by atoms with Crippen molar-refractivity contribution in [2.45, 2.75) is 13.8 Å². The Balaban J connectivity index is 2.33. The molecular weight excluding hydrogens is 236 g/mol. The molecule has 0 aliphatic rings. The number of thiazole rings is 1. The number of anilines is 1. The Morgan fingerprint density at radius 1 is 1.31 bits per heavy atom. The molecule has 16 heavy (non-hydrogen) atoms. The highest BCUT2D eigenvalue weighted by molar-refractivity contribution is 7.17. The number of nitrogens with two attached hydrogens (primary N) is 1. The summed E-state index contributed by atoms with van der Waals surface area (Å²) in [6.07, 6.45) is 0. The molecule has 4 heteroatoms. The van der Waals surface area contributed by atoms with Crippen LogP contribution in [-0.2, 0) is 0 Å². The summed E-state index contributed by atoms with van der Waals surface area (Å²) in [6, 6.07) is 6.36. The van der Waals surface area contributed by atoms with Crippen LogP contribution in [0.2, 0.25) is 0 Å². The van der Waals surface area contributed by atoms with Crippen molar-refractivity contribution in [1.29, 1.82) is 0 Å². The van der Waals surface area contributed by atoms with Gasteiger partial charge in [-0.15, -0.1) is 22.7 Å². The first-order valence-corrected chi connectivity index (χ1v) is 6.79. The third kappa shape index (κ3) is 1.23. The molecule has 0 amide bonds. The number of hydrogen-bond acceptors (Lipinski definition) is 3. The summed E-state index contributed by atoms with van der Waals surface area (Å²) in [7, 11) is 0. The molecule has 3 aromatic heterocycles. The first-order valence-electron chi connectivity index (χ1n) is 5.09. The molecule has 0 atom stereocenters. The zero-order chi connectivity index (χ0) is 11.3. The molecule has 3 heterocycles. The lowest BCUT2D eigenvalue weighted by Gasteiger charge is -1.99. The van der Waals surface area contributed by atoms with Crippen LogP contribution in [0.15, 0.2) is 23.6 Å². The zero-order valence-electron chi connectivity index (χ0n) is 9.15. The number of nitrogen functional groups attached to an aromatic ring is 1. The Labute approximate surface area is 102 Å². The molecule has 0 saturated carbocycles. The maximum atomic E-state index is 6.22. The minimum absolute atomic E-state index is 0.860. The average Bonchev–Trinajstić information content (AvgIpc) is 2.90. The van der Waals surface area contributed by atoms with Crippen LogP contribution in [0.3, 0.4) is 0 Å². The molecule has 0 spiro atoms. The Morgan fingerprint density at radius 2 is 2.12 bits per heavy atom. The van der Waals surface area contributed by atoms with Crippen molar-refractivity contribution < 1.29 is 0 Å². The molecule has 0 aliphatic heterocycles. The van der Waals surface area contributed by atoms with Gasteiger partial charge in [-0.2, -0.15) is 0 Å². The van der Waals surface area contributed by atoms with Crippen LogP contribution in [0.25, 0.3) is 15.3 Å². The number of thiophene rings is 1. The van der Waals surface area contributed by atoms with E-state index in [1.165, 1.54) is 20.3 Å². The summed E-state index contributed by atoms with van der Waals surface area (Å²) < 4.78 is 2.15. The van der Waals surface area contributed by atoms with E-state index in [0.29, 0.717) is 0 Å². The summed E-state index contributed by atoms with van der Waals surface area (Å²) in [5.41, 5.74) is 8.63. The van der Waals surface area contributed by atoms with E-state index < -0.39 is 0 Å². The van der Waals surface area contributed by atoms with Gasteiger partial charge in [0.15, 0.2) is 0 Å². The van der Waals surface area contributed by atoms with Crippen molar-refractivity contribution in [2.75, 3.05) is 5.73 Å². The second kappa shape index (κ2) is 3.37. The number of aryl methyl sites for hydroxylation is 2. The monoisotopic (exact) mass is 248 g/mol. The van der Waals surface area contributed by atoms with Gasteiger partial charge in [0.1, 0.15) is 10.6 Å². The highest BCUT2D eigenvalue weighted by atomic mass is 32.1. The van der Waals surface area contributed by atoms with Crippen molar-refractivity contribution in [3.05, 3.63) is 34.2 Å². The lowest BCUT2D eigenvalue weighted by atomic mass is 10.2. The van der Waals surface area contributed by atoms with Gasteiger partial charge < -0.3 is 5.73 Å². The number of fused-ring (bicyclic) bond motifs is 1. The van der Waals surface area contributed by atoms with Crippen LogP contribution in [0, 0.1) is 13.8 Å². The predicted octanol–water partition coefficient (Wildman–Crippen LogP) is 3.93. The Morgan fingerprint density at radius 3 is 2.75 bits per heavy atom. The molecule has 0 bridgehead atoms. The molecule has 0 aliphatic carbocycles. The summed E-state index contributed by atoms with van der Waals surface area (Å²) in [5.74, 6) is 0.860. The van der Waals surface area contributed by atoms with Crippen LogP contribution in [0.4, 0.5) is 5.82 Å². The molecule has 2 nitrogen and oxygen atoms in total. The third-order valence-corrected chi connectivity index (χ3v) is 4.91. The van der Waals surface area contributed by atoms with Crippen LogP contribution in [-0.4, -0.2) is 4.40 Å². The van der Waals surface area contributed by atoms with E-state index in [4.69, 9.17) is 5.73 Å². The lowest BCUT2D eigenvalue weighted by molar-refractivity contribution is 1.13. The average molecular weight is 248 g/mol. The fraction of sp³-hybridized carbons (Fsp3) is 0.167. The van der Waals surface area contributed by atoms with E-state index in [2.05, 4.69) is 41.8 Å². The fourth-order valence-electron chi connectivity index (χ4n) is 1.94. The summed E-state index contributed by atoms with van der Waals surface area (Å²) in [4.78, 5) is 3.81. The Bertz CT molecular complexity index is 644. The van der Waals surface area contributed by atoms with Crippen LogP contribution in [0.5, 0.6) is 0 Å². The predicted molar refractivity (Wildman–Crippen MR) is 72.5 cm³/mol. The maximum absolute atomic E-state index is 6.22. The van der Waals surface area contributed by atoms with E-state index in [-0.39, 0.29) is 0 Å². The fourth-order valence-corrected chi connectivity index (χ4v) is 3.75. The molecule has 3 aromatic rings. The van der Waals surface area contributed by atoms with E-state index in [9.17, 15) is 0 Å². The van der Waals surface area contributed by atoms with Gasteiger partial charge in [0.05, 0.1) is 0 Å². The van der Waals surface area contributed by atoms with Crippen molar-refractivity contribution in [3.63, 3.8) is 0 Å².